The van der Waals surface area contributed by atoms with Crippen LogP contribution in [0.2, 0.25) is 0 Å². The molecule has 2 aromatic rings. The van der Waals surface area contributed by atoms with Crippen molar-refractivity contribution in [3.8, 4) is 23.3 Å². The molecular formula is C14H16BN2O4. The van der Waals surface area contributed by atoms with Crippen molar-refractivity contribution in [3.63, 3.8) is 0 Å². The lowest BCUT2D eigenvalue weighted by Crippen LogP contribution is -2.11. The molecule has 0 fully saturated rings. The van der Waals surface area contributed by atoms with Crippen molar-refractivity contribution in [3.05, 3.63) is 35.7 Å². The molecule has 0 spiro atoms. The zero-order chi connectivity index (χ0) is 15.2. The van der Waals surface area contributed by atoms with Crippen molar-refractivity contribution < 1.29 is 18.8 Å². The fraction of sp³-hybridized carbons (Fsp3) is 0.286. The predicted molar refractivity (Wildman–Crippen MR) is 78.1 cm³/mol. The molecule has 0 amide bonds. The number of hydrogen-bond donors (Lipinski definition) is 0. The molecule has 0 aliphatic carbocycles. The van der Waals surface area contributed by atoms with E-state index in [9.17, 15) is 0 Å². The van der Waals surface area contributed by atoms with Crippen LogP contribution in [0.15, 0.2) is 24.5 Å². The fourth-order valence-electron chi connectivity index (χ4n) is 1.76. The third-order valence-electron chi connectivity index (χ3n) is 2.77. The van der Waals surface area contributed by atoms with Gasteiger partial charge >= 0.3 is 7.69 Å². The van der Waals surface area contributed by atoms with Crippen LogP contribution in [-0.4, -0.2) is 31.9 Å². The summed E-state index contributed by atoms with van der Waals surface area (Å²) in [5.74, 6) is 2.26. The van der Waals surface area contributed by atoms with E-state index >= 15 is 0 Å². The lowest BCUT2D eigenvalue weighted by Gasteiger charge is -2.09. The number of ether oxygens (including phenoxy) is 2. The van der Waals surface area contributed by atoms with E-state index in [-0.39, 0.29) is 0 Å². The summed E-state index contributed by atoms with van der Waals surface area (Å²) in [5, 5.41) is 0. The first-order valence-electron chi connectivity index (χ1n) is 6.30. The van der Waals surface area contributed by atoms with Gasteiger partial charge < -0.3 is 18.8 Å². The number of methoxy groups -OCH3 is 2. The largest absolute Gasteiger partial charge is 0.658 e. The van der Waals surface area contributed by atoms with E-state index in [0.29, 0.717) is 23.3 Å². The van der Waals surface area contributed by atoms with Gasteiger partial charge in [-0.15, -0.1) is 0 Å². The van der Waals surface area contributed by atoms with Gasteiger partial charge in [0.2, 0.25) is 11.8 Å². The lowest BCUT2D eigenvalue weighted by atomic mass is 10.2. The van der Waals surface area contributed by atoms with E-state index in [0.717, 1.165) is 11.1 Å². The first kappa shape index (κ1) is 15.0. The van der Waals surface area contributed by atoms with Crippen molar-refractivity contribution >= 4 is 7.69 Å². The quantitative estimate of drug-likeness (QED) is 0.758. The molecule has 0 aliphatic rings. The van der Waals surface area contributed by atoms with Crippen LogP contribution in [0.1, 0.15) is 11.1 Å². The molecule has 2 rings (SSSR count). The van der Waals surface area contributed by atoms with E-state index in [2.05, 4.69) is 9.97 Å². The molecule has 7 heteroatoms. The standard InChI is InChI=1S/C14H16BN2O4/c1-9-5-11(7-16-13(9)18-3)20-15-21-12-6-10(2)14(19-4)17-8-12/h5-8H,1-4H3. The minimum atomic E-state index is 0.562. The summed E-state index contributed by atoms with van der Waals surface area (Å²) in [7, 11) is 4.38. The zero-order valence-electron chi connectivity index (χ0n) is 12.4. The Morgan fingerprint density at radius 2 is 1.24 bits per heavy atom. The maximum absolute atomic E-state index is 5.36. The van der Waals surface area contributed by atoms with Gasteiger partial charge in [0, 0.05) is 11.1 Å². The third-order valence-corrected chi connectivity index (χ3v) is 2.77. The Morgan fingerprint density at radius 3 is 1.57 bits per heavy atom. The highest BCUT2D eigenvalue weighted by Gasteiger charge is 2.07. The molecule has 0 atom stereocenters. The average molecular weight is 287 g/mol. The molecule has 21 heavy (non-hydrogen) atoms. The topological polar surface area (TPSA) is 62.7 Å². The summed E-state index contributed by atoms with van der Waals surface area (Å²) < 4.78 is 20.9. The van der Waals surface area contributed by atoms with Crippen molar-refractivity contribution in [2.75, 3.05) is 14.2 Å². The number of nitrogens with zero attached hydrogens (tertiary/aromatic N) is 2. The van der Waals surface area contributed by atoms with E-state index in [1.807, 2.05) is 26.0 Å². The van der Waals surface area contributed by atoms with Crippen LogP contribution in [0, 0.1) is 13.8 Å². The Kier molecular flexibility index (Phi) is 4.87. The highest BCUT2D eigenvalue weighted by molar-refractivity contribution is 6.20. The van der Waals surface area contributed by atoms with E-state index in [4.69, 9.17) is 18.8 Å². The van der Waals surface area contributed by atoms with Crippen molar-refractivity contribution in [2.45, 2.75) is 13.8 Å². The second-order valence-corrected chi connectivity index (χ2v) is 4.33. The summed E-state index contributed by atoms with van der Waals surface area (Å²) in [4.78, 5) is 8.22. The van der Waals surface area contributed by atoms with Crippen LogP contribution in [-0.2, 0) is 0 Å². The molecule has 0 saturated carbocycles. The molecule has 109 valence electrons. The van der Waals surface area contributed by atoms with Crippen molar-refractivity contribution in [2.24, 2.45) is 0 Å². The Balaban J connectivity index is 1.92. The molecule has 6 nitrogen and oxygen atoms in total. The molecule has 0 unspecified atom stereocenters. The maximum Gasteiger partial charge on any atom is 0.658 e. The fourth-order valence-corrected chi connectivity index (χ4v) is 1.76. The normalized spacial score (nSPS) is 9.90. The minimum Gasteiger partial charge on any atom is -0.525 e. The number of aryl methyl sites for hydroxylation is 2. The third kappa shape index (κ3) is 3.78. The number of rotatable bonds is 6. The predicted octanol–water partition coefficient (Wildman–Crippen LogP) is 2.10. The summed E-state index contributed by atoms with van der Waals surface area (Å²) in [6.45, 7) is 3.77. The molecule has 0 saturated heterocycles. The Labute approximate surface area is 124 Å². The van der Waals surface area contributed by atoms with Gasteiger partial charge in [0.05, 0.1) is 26.6 Å². The van der Waals surface area contributed by atoms with Crippen molar-refractivity contribution in [1.82, 2.24) is 9.97 Å². The van der Waals surface area contributed by atoms with E-state index in [1.54, 1.807) is 26.6 Å². The molecule has 2 heterocycles. The van der Waals surface area contributed by atoms with Gasteiger partial charge in [-0.1, -0.05) is 0 Å². The summed E-state index contributed by atoms with van der Waals surface area (Å²) >= 11 is 0. The van der Waals surface area contributed by atoms with Gasteiger partial charge in [-0.05, 0) is 26.0 Å². The van der Waals surface area contributed by atoms with Crippen molar-refractivity contribution in [1.29, 1.82) is 0 Å². The van der Waals surface area contributed by atoms with E-state index < -0.39 is 0 Å². The van der Waals surface area contributed by atoms with Gasteiger partial charge in [0.15, 0.2) is 0 Å². The van der Waals surface area contributed by atoms with Crippen LogP contribution in [0.5, 0.6) is 23.3 Å². The Hall–Kier alpha value is -2.44. The minimum absolute atomic E-state index is 0.562. The van der Waals surface area contributed by atoms with Crippen LogP contribution in [0.25, 0.3) is 0 Å². The lowest BCUT2D eigenvalue weighted by molar-refractivity contribution is 0.390. The Morgan fingerprint density at radius 1 is 0.810 bits per heavy atom. The van der Waals surface area contributed by atoms with E-state index in [1.165, 1.54) is 7.69 Å². The van der Waals surface area contributed by atoms with Crippen LogP contribution in [0.4, 0.5) is 0 Å². The second kappa shape index (κ2) is 6.83. The maximum atomic E-state index is 5.36. The molecule has 0 N–H and O–H groups in total. The zero-order valence-corrected chi connectivity index (χ0v) is 12.4. The van der Waals surface area contributed by atoms with Gasteiger partial charge in [0.1, 0.15) is 11.5 Å². The molecule has 0 aromatic carbocycles. The molecule has 1 radical (unpaired) electrons. The summed E-state index contributed by atoms with van der Waals surface area (Å²) in [5.41, 5.74) is 1.76. The number of aromatic nitrogens is 2. The van der Waals surface area contributed by atoms with Gasteiger partial charge in [-0.2, -0.15) is 0 Å². The average Bonchev–Trinajstić information content (AvgIpc) is 2.48. The van der Waals surface area contributed by atoms with Crippen LogP contribution < -0.4 is 18.8 Å². The highest BCUT2D eigenvalue weighted by Crippen LogP contribution is 2.21. The highest BCUT2D eigenvalue weighted by atomic mass is 16.6. The van der Waals surface area contributed by atoms with Crippen LogP contribution >= 0.6 is 0 Å². The first-order valence-corrected chi connectivity index (χ1v) is 6.30. The van der Waals surface area contributed by atoms with Gasteiger partial charge in [-0.3, -0.25) is 0 Å². The molecular weight excluding hydrogens is 271 g/mol. The number of hydrogen-bond acceptors (Lipinski definition) is 6. The number of pyridine rings is 2. The SMILES string of the molecule is COc1ncc(O[B]Oc2cnc(OC)c(C)c2)cc1C. The first-order chi connectivity index (χ1) is 10.1. The summed E-state index contributed by atoms with van der Waals surface area (Å²) in [6, 6.07) is 3.62. The summed E-state index contributed by atoms with van der Waals surface area (Å²) in [6.07, 6.45) is 3.12. The van der Waals surface area contributed by atoms with Crippen LogP contribution in [0.3, 0.4) is 0 Å². The smallest absolute Gasteiger partial charge is 0.525 e. The molecule has 0 aliphatic heterocycles. The Bertz CT molecular complexity index is 568. The molecule has 2 aromatic heterocycles. The molecule has 0 bridgehead atoms. The monoisotopic (exact) mass is 287 g/mol. The van der Waals surface area contributed by atoms with Gasteiger partial charge in [0.25, 0.3) is 0 Å². The second-order valence-electron chi connectivity index (χ2n) is 4.33. The van der Waals surface area contributed by atoms with Gasteiger partial charge in [-0.25, -0.2) is 9.97 Å².